The molecule has 0 radical (unpaired) electrons. The van der Waals surface area contributed by atoms with Crippen molar-refractivity contribution >= 4 is 5.69 Å². The highest BCUT2D eigenvalue weighted by atomic mass is 19.4. The van der Waals surface area contributed by atoms with Crippen LogP contribution in [0.15, 0.2) is 64.3 Å². The average molecular weight is 525 g/mol. The van der Waals surface area contributed by atoms with Crippen LogP contribution in [0, 0.1) is 6.92 Å². The number of aromatic nitrogens is 3. The van der Waals surface area contributed by atoms with Crippen LogP contribution < -0.4 is 10.5 Å². The second kappa shape index (κ2) is 10.1. The Balaban J connectivity index is 1.72. The minimum Gasteiger partial charge on any atom is -0.444 e. The zero-order valence-electron chi connectivity index (χ0n) is 21.0. The Kier molecular flexibility index (Phi) is 6.83. The van der Waals surface area contributed by atoms with Gasteiger partial charge in [0.25, 0.3) is 5.56 Å². The van der Waals surface area contributed by atoms with Crippen LogP contribution in [0.3, 0.4) is 0 Å². The van der Waals surface area contributed by atoms with Crippen LogP contribution in [0.4, 0.5) is 18.9 Å². The Morgan fingerprint density at radius 1 is 1.13 bits per heavy atom. The first-order valence-electron chi connectivity index (χ1n) is 12.4. The number of anilines is 1. The van der Waals surface area contributed by atoms with Gasteiger partial charge < -0.3 is 14.4 Å². The highest BCUT2D eigenvalue weighted by molar-refractivity contribution is 5.70. The molecule has 1 N–H and O–H groups in total. The highest BCUT2D eigenvalue weighted by Gasteiger charge is 2.35. The average Bonchev–Trinajstić information content (AvgIpc) is 3.56. The quantitative estimate of drug-likeness (QED) is 0.363. The van der Waals surface area contributed by atoms with Gasteiger partial charge in [0.2, 0.25) is 0 Å². The summed E-state index contributed by atoms with van der Waals surface area (Å²) in [5.41, 5.74) is 1.59. The van der Waals surface area contributed by atoms with Gasteiger partial charge in [-0.25, -0.2) is 4.98 Å². The third-order valence-corrected chi connectivity index (χ3v) is 6.64. The van der Waals surface area contributed by atoms with Crippen LogP contribution in [-0.2, 0) is 12.6 Å². The van der Waals surface area contributed by atoms with E-state index in [1.165, 1.54) is 18.5 Å². The van der Waals surface area contributed by atoms with Crippen LogP contribution in [0.2, 0.25) is 0 Å². The molecular formula is C28H27F3N4O3. The van der Waals surface area contributed by atoms with Crippen LogP contribution >= 0.6 is 0 Å². The fraction of sp³-hybridized carbons (Fsp3) is 0.321. The number of halogens is 3. The van der Waals surface area contributed by atoms with E-state index in [0.29, 0.717) is 60.6 Å². The number of benzene rings is 2. The van der Waals surface area contributed by atoms with E-state index in [9.17, 15) is 23.1 Å². The molecule has 0 unspecified atom stereocenters. The molecule has 0 aliphatic carbocycles. The fourth-order valence-corrected chi connectivity index (χ4v) is 4.84. The number of aliphatic hydroxyl groups is 1. The van der Waals surface area contributed by atoms with Gasteiger partial charge in [0, 0.05) is 35.5 Å². The Hall–Kier alpha value is -3.92. The monoisotopic (exact) mass is 524 g/mol. The van der Waals surface area contributed by atoms with E-state index >= 15 is 0 Å². The standard InChI is InChI=1S/C28H27F3N4O3/c1-3-4-18-12-24(19-9-17(2)10-20(11-19)26-14-32-16-38-26)33-35(27(18)37)25-13-21(34-8-7-22(36)15-34)5-6-23(25)28(29,30)31/h5-6,9-14,16,22,36H,3-4,7-8,15H2,1-2H3/t22-/m0/s1. The van der Waals surface area contributed by atoms with Crippen LogP contribution in [0.1, 0.15) is 36.5 Å². The SMILES string of the molecule is CCCc1cc(-c2cc(C)cc(-c3cnco3)c2)nn(-c2cc(N3CC[C@H](O)C3)ccc2C(F)(F)F)c1=O. The van der Waals surface area contributed by atoms with E-state index in [-0.39, 0.29) is 5.69 Å². The molecule has 1 aliphatic rings. The van der Waals surface area contributed by atoms with Crippen molar-refractivity contribution in [2.75, 3.05) is 18.0 Å². The predicted octanol–water partition coefficient (Wildman–Crippen LogP) is 5.41. The maximum atomic E-state index is 14.2. The first kappa shape index (κ1) is 25.7. The van der Waals surface area contributed by atoms with Crippen molar-refractivity contribution in [3.8, 4) is 28.3 Å². The smallest absolute Gasteiger partial charge is 0.418 e. The Morgan fingerprint density at radius 3 is 2.58 bits per heavy atom. The molecule has 38 heavy (non-hydrogen) atoms. The lowest BCUT2D eigenvalue weighted by molar-refractivity contribution is -0.137. The van der Waals surface area contributed by atoms with Gasteiger partial charge in [-0.05, 0) is 67.8 Å². The van der Waals surface area contributed by atoms with Crippen molar-refractivity contribution in [2.45, 2.75) is 45.4 Å². The number of aryl methyl sites for hydroxylation is 2. The molecule has 1 aliphatic heterocycles. The van der Waals surface area contributed by atoms with Crippen LogP contribution in [0.25, 0.3) is 28.3 Å². The molecule has 1 atom stereocenters. The van der Waals surface area contributed by atoms with Crippen LogP contribution in [-0.4, -0.2) is 39.1 Å². The molecule has 0 spiro atoms. The number of oxazole rings is 1. The van der Waals surface area contributed by atoms with E-state index in [1.807, 2.05) is 32.0 Å². The zero-order valence-corrected chi connectivity index (χ0v) is 21.0. The summed E-state index contributed by atoms with van der Waals surface area (Å²) >= 11 is 0. The molecule has 1 fully saturated rings. The van der Waals surface area contributed by atoms with Crippen molar-refractivity contribution in [2.24, 2.45) is 0 Å². The van der Waals surface area contributed by atoms with Crippen molar-refractivity contribution in [1.29, 1.82) is 0 Å². The number of hydrogen-bond donors (Lipinski definition) is 1. The first-order chi connectivity index (χ1) is 18.1. The van der Waals surface area contributed by atoms with E-state index in [0.717, 1.165) is 21.9 Å². The largest absolute Gasteiger partial charge is 0.444 e. The minimum absolute atomic E-state index is 0.308. The van der Waals surface area contributed by atoms with E-state index in [4.69, 9.17) is 4.42 Å². The molecule has 4 aromatic rings. The summed E-state index contributed by atoms with van der Waals surface area (Å²) in [6.45, 7) is 4.60. The van der Waals surface area contributed by atoms with E-state index in [2.05, 4.69) is 10.1 Å². The summed E-state index contributed by atoms with van der Waals surface area (Å²) in [6.07, 6.45) is -0.830. The first-order valence-corrected chi connectivity index (χ1v) is 12.4. The third-order valence-electron chi connectivity index (χ3n) is 6.64. The summed E-state index contributed by atoms with van der Waals surface area (Å²) in [5, 5.41) is 14.4. The lowest BCUT2D eigenvalue weighted by atomic mass is 10.0. The predicted molar refractivity (Wildman–Crippen MR) is 137 cm³/mol. The summed E-state index contributed by atoms with van der Waals surface area (Å²) in [7, 11) is 0. The van der Waals surface area contributed by atoms with Gasteiger partial charge in [0.15, 0.2) is 12.2 Å². The normalized spacial score (nSPS) is 15.8. The van der Waals surface area contributed by atoms with Crippen molar-refractivity contribution < 1.29 is 22.7 Å². The maximum Gasteiger partial charge on any atom is 0.418 e. The lowest BCUT2D eigenvalue weighted by Crippen LogP contribution is -2.28. The Morgan fingerprint density at radius 2 is 1.92 bits per heavy atom. The molecule has 3 heterocycles. The van der Waals surface area contributed by atoms with Gasteiger partial charge in [-0.2, -0.15) is 23.0 Å². The van der Waals surface area contributed by atoms with Gasteiger partial charge >= 0.3 is 6.18 Å². The fourth-order valence-electron chi connectivity index (χ4n) is 4.84. The summed E-state index contributed by atoms with van der Waals surface area (Å²) < 4.78 is 48.8. The minimum atomic E-state index is -4.71. The highest BCUT2D eigenvalue weighted by Crippen LogP contribution is 2.36. The molecule has 1 saturated heterocycles. The summed E-state index contributed by atoms with van der Waals surface area (Å²) in [6, 6.07) is 10.9. The molecule has 2 aromatic carbocycles. The maximum absolute atomic E-state index is 14.2. The second-order valence-corrected chi connectivity index (χ2v) is 9.56. The van der Waals surface area contributed by atoms with Crippen LogP contribution in [0.5, 0.6) is 0 Å². The summed E-state index contributed by atoms with van der Waals surface area (Å²) in [4.78, 5) is 19.2. The molecule has 0 amide bonds. The van der Waals surface area contributed by atoms with Gasteiger partial charge in [0.1, 0.15) is 0 Å². The topological polar surface area (TPSA) is 84.4 Å². The third kappa shape index (κ3) is 5.08. The zero-order chi connectivity index (χ0) is 27.0. The number of rotatable bonds is 6. The van der Waals surface area contributed by atoms with E-state index in [1.54, 1.807) is 17.2 Å². The number of aliphatic hydroxyl groups excluding tert-OH is 1. The lowest BCUT2D eigenvalue weighted by Gasteiger charge is -2.22. The summed E-state index contributed by atoms with van der Waals surface area (Å²) in [5.74, 6) is 0.539. The molecule has 10 heteroatoms. The Labute approximate surface area is 217 Å². The molecular weight excluding hydrogens is 497 g/mol. The molecule has 0 saturated carbocycles. The molecule has 5 rings (SSSR count). The van der Waals surface area contributed by atoms with Gasteiger partial charge in [-0.1, -0.05) is 13.3 Å². The van der Waals surface area contributed by atoms with Gasteiger partial charge in [-0.15, -0.1) is 0 Å². The van der Waals surface area contributed by atoms with Crippen molar-refractivity contribution in [3.63, 3.8) is 0 Å². The molecule has 198 valence electrons. The molecule has 0 bridgehead atoms. The van der Waals surface area contributed by atoms with E-state index < -0.39 is 23.4 Å². The number of hydrogen-bond acceptors (Lipinski definition) is 6. The molecule has 7 nitrogen and oxygen atoms in total. The number of alkyl halides is 3. The van der Waals surface area contributed by atoms with Crippen molar-refractivity contribution in [1.82, 2.24) is 14.8 Å². The van der Waals surface area contributed by atoms with Gasteiger partial charge in [-0.3, -0.25) is 4.79 Å². The number of nitrogens with zero attached hydrogens (tertiary/aromatic N) is 4. The Bertz CT molecular complexity index is 1510. The van der Waals surface area contributed by atoms with Crippen molar-refractivity contribution in [3.05, 3.63) is 82.1 Å². The second-order valence-electron chi connectivity index (χ2n) is 9.56. The number of β-amino-alcohol motifs (C(OH)–C–C–N with tert-alkyl or cyclic N) is 1. The molecule has 2 aromatic heterocycles. The van der Waals surface area contributed by atoms with Gasteiger partial charge in [0.05, 0.1) is 29.2 Å².